The molecule has 1 amide bonds. The van der Waals surface area contributed by atoms with E-state index in [4.69, 9.17) is 10.3 Å². The number of ether oxygens (including phenoxy) is 1. The fourth-order valence-corrected chi connectivity index (χ4v) is 3.44. The van der Waals surface area contributed by atoms with Crippen molar-refractivity contribution in [2.24, 2.45) is 11.0 Å². The van der Waals surface area contributed by atoms with E-state index in [9.17, 15) is 4.79 Å². The molecule has 0 N–H and O–H groups in total. The van der Waals surface area contributed by atoms with Gasteiger partial charge in [0.05, 0.1) is 11.8 Å². The van der Waals surface area contributed by atoms with Crippen LogP contribution >= 0.6 is 11.3 Å². The average molecular weight is 303 g/mol. The van der Waals surface area contributed by atoms with Gasteiger partial charge in [0.2, 0.25) is 5.91 Å². The van der Waals surface area contributed by atoms with Crippen LogP contribution in [0.5, 0.6) is 5.75 Å². The number of azide groups is 1. The maximum absolute atomic E-state index is 12.1. The summed E-state index contributed by atoms with van der Waals surface area (Å²) in [7, 11) is 1.60. The van der Waals surface area contributed by atoms with Gasteiger partial charge < -0.3 is 4.74 Å². The number of carbonyl (C=O) groups excluding carboxylic acids is 1. The van der Waals surface area contributed by atoms with Crippen molar-refractivity contribution in [3.63, 3.8) is 0 Å². The lowest BCUT2D eigenvalue weighted by Crippen LogP contribution is -2.24. The van der Waals surface area contributed by atoms with Crippen LogP contribution in [0.4, 0.5) is 5.13 Å². The van der Waals surface area contributed by atoms with Crippen LogP contribution < -0.4 is 9.64 Å². The zero-order valence-corrected chi connectivity index (χ0v) is 12.2. The molecule has 1 aliphatic heterocycles. The molecule has 8 heteroatoms. The number of nitrogens with zero attached hydrogens (tertiary/aromatic N) is 5. The Hall–Kier alpha value is -2.31. The number of rotatable bonds is 4. The van der Waals surface area contributed by atoms with Crippen molar-refractivity contribution in [3.8, 4) is 5.75 Å². The van der Waals surface area contributed by atoms with E-state index in [-0.39, 0.29) is 11.8 Å². The van der Waals surface area contributed by atoms with Crippen LogP contribution in [-0.4, -0.2) is 31.1 Å². The highest BCUT2D eigenvalue weighted by Crippen LogP contribution is 2.36. The van der Waals surface area contributed by atoms with Gasteiger partial charge in [0.15, 0.2) is 5.13 Å². The first-order valence-corrected chi connectivity index (χ1v) is 7.29. The molecule has 2 aromatic rings. The van der Waals surface area contributed by atoms with Crippen LogP contribution in [0.15, 0.2) is 23.3 Å². The van der Waals surface area contributed by atoms with Crippen molar-refractivity contribution >= 4 is 32.6 Å². The minimum Gasteiger partial charge on any atom is -0.494 e. The zero-order valence-electron chi connectivity index (χ0n) is 11.4. The summed E-state index contributed by atoms with van der Waals surface area (Å²) < 4.78 is 6.27. The van der Waals surface area contributed by atoms with Gasteiger partial charge in [-0.25, -0.2) is 4.98 Å². The van der Waals surface area contributed by atoms with Gasteiger partial charge in [-0.1, -0.05) is 22.5 Å². The zero-order chi connectivity index (χ0) is 14.8. The second-order valence-electron chi connectivity index (χ2n) is 4.79. The maximum Gasteiger partial charge on any atom is 0.229 e. The second kappa shape index (κ2) is 5.59. The van der Waals surface area contributed by atoms with E-state index in [0.717, 1.165) is 10.2 Å². The highest BCUT2D eigenvalue weighted by Gasteiger charge is 2.32. The summed E-state index contributed by atoms with van der Waals surface area (Å²) in [5, 5.41) is 4.22. The van der Waals surface area contributed by atoms with Gasteiger partial charge in [-0.3, -0.25) is 9.69 Å². The molecular weight excluding hydrogens is 290 g/mol. The second-order valence-corrected chi connectivity index (χ2v) is 5.80. The molecule has 7 nitrogen and oxygen atoms in total. The van der Waals surface area contributed by atoms with E-state index in [1.807, 2.05) is 18.2 Å². The molecule has 1 fully saturated rings. The molecule has 1 aromatic heterocycles. The molecular formula is C13H13N5O2S. The Kier molecular flexibility index (Phi) is 3.64. The quantitative estimate of drug-likeness (QED) is 0.494. The third-order valence-corrected chi connectivity index (χ3v) is 4.47. The summed E-state index contributed by atoms with van der Waals surface area (Å²) in [4.78, 5) is 21.0. The Bertz CT molecular complexity index is 737. The van der Waals surface area contributed by atoms with Crippen LogP contribution in [0, 0.1) is 5.92 Å². The first kappa shape index (κ1) is 13.7. The molecule has 0 aliphatic carbocycles. The monoisotopic (exact) mass is 303 g/mol. The predicted molar refractivity (Wildman–Crippen MR) is 80.6 cm³/mol. The standard InChI is InChI=1S/C13H13N5O2S/c1-20-9-3-2-4-10-12(9)16-13(21-10)18-7-8(5-11(18)19)6-15-17-14/h2-4,8H,5-7H2,1H3. The van der Waals surface area contributed by atoms with Gasteiger partial charge in [-0.15, -0.1) is 0 Å². The van der Waals surface area contributed by atoms with Gasteiger partial charge in [-0.2, -0.15) is 0 Å². The Morgan fingerprint density at radius 3 is 3.24 bits per heavy atom. The number of hydrogen-bond donors (Lipinski definition) is 0. The summed E-state index contributed by atoms with van der Waals surface area (Å²) in [6.07, 6.45) is 0.395. The molecule has 1 atom stereocenters. The van der Waals surface area contributed by atoms with E-state index in [0.29, 0.717) is 30.4 Å². The molecule has 21 heavy (non-hydrogen) atoms. The van der Waals surface area contributed by atoms with Gasteiger partial charge in [0.1, 0.15) is 11.3 Å². The highest BCUT2D eigenvalue weighted by molar-refractivity contribution is 7.22. The lowest BCUT2D eigenvalue weighted by Gasteiger charge is -2.11. The third-order valence-electron chi connectivity index (χ3n) is 3.43. The summed E-state index contributed by atoms with van der Waals surface area (Å²) in [5.41, 5.74) is 9.13. The largest absolute Gasteiger partial charge is 0.494 e. The Labute approximate surface area is 124 Å². The van der Waals surface area contributed by atoms with Crippen LogP contribution in [0.3, 0.4) is 0 Å². The number of methoxy groups -OCH3 is 1. The van der Waals surface area contributed by atoms with Gasteiger partial charge in [-0.05, 0) is 23.6 Å². The molecule has 1 saturated heterocycles. The Morgan fingerprint density at radius 2 is 2.48 bits per heavy atom. The number of carbonyl (C=O) groups is 1. The molecule has 0 spiro atoms. The summed E-state index contributed by atoms with van der Waals surface area (Å²) in [6, 6.07) is 5.71. The molecule has 0 radical (unpaired) electrons. The van der Waals surface area contributed by atoms with Crippen LogP contribution in [0.1, 0.15) is 6.42 Å². The van der Waals surface area contributed by atoms with Gasteiger partial charge in [0.25, 0.3) is 0 Å². The van der Waals surface area contributed by atoms with E-state index >= 15 is 0 Å². The number of fused-ring (bicyclic) bond motifs is 1. The predicted octanol–water partition coefficient (Wildman–Crippen LogP) is 2.97. The molecule has 108 valence electrons. The summed E-state index contributed by atoms with van der Waals surface area (Å²) in [6.45, 7) is 0.882. The highest BCUT2D eigenvalue weighted by atomic mass is 32.1. The van der Waals surface area contributed by atoms with Crippen molar-refractivity contribution in [1.29, 1.82) is 0 Å². The average Bonchev–Trinajstić information content (AvgIpc) is 3.07. The van der Waals surface area contributed by atoms with E-state index in [2.05, 4.69) is 15.0 Å². The fraction of sp³-hybridized carbons (Fsp3) is 0.385. The van der Waals surface area contributed by atoms with E-state index < -0.39 is 0 Å². The number of hydrogen-bond acceptors (Lipinski definition) is 5. The SMILES string of the molecule is COc1cccc2sc(N3CC(CN=[N+]=[N-])CC3=O)nc12. The summed E-state index contributed by atoms with van der Waals surface area (Å²) >= 11 is 1.46. The lowest BCUT2D eigenvalue weighted by molar-refractivity contribution is -0.117. The van der Waals surface area contributed by atoms with Gasteiger partial charge in [0, 0.05) is 24.4 Å². The molecule has 1 aromatic carbocycles. The van der Waals surface area contributed by atoms with Crippen LogP contribution in [0.25, 0.3) is 20.7 Å². The number of amides is 1. The number of para-hydroxylation sites is 1. The van der Waals surface area contributed by atoms with Crippen molar-refractivity contribution in [2.75, 3.05) is 25.1 Å². The molecule has 0 saturated carbocycles. The van der Waals surface area contributed by atoms with Crippen molar-refractivity contribution < 1.29 is 9.53 Å². The van der Waals surface area contributed by atoms with Gasteiger partial charge >= 0.3 is 0 Å². The van der Waals surface area contributed by atoms with Crippen LogP contribution in [-0.2, 0) is 4.79 Å². The third kappa shape index (κ3) is 2.51. The molecule has 2 heterocycles. The smallest absolute Gasteiger partial charge is 0.229 e. The van der Waals surface area contributed by atoms with Crippen molar-refractivity contribution in [3.05, 3.63) is 28.6 Å². The normalized spacial score (nSPS) is 18.0. The molecule has 0 bridgehead atoms. The minimum absolute atomic E-state index is 0.0196. The Morgan fingerprint density at radius 1 is 1.62 bits per heavy atom. The fourth-order valence-electron chi connectivity index (χ4n) is 2.43. The van der Waals surface area contributed by atoms with Crippen molar-refractivity contribution in [2.45, 2.75) is 6.42 Å². The molecule has 3 rings (SSSR count). The molecule has 1 aliphatic rings. The topological polar surface area (TPSA) is 91.2 Å². The first-order chi connectivity index (χ1) is 10.2. The number of anilines is 1. The Balaban J connectivity index is 1.90. The lowest BCUT2D eigenvalue weighted by atomic mass is 10.1. The minimum atomic E-state index is 0.0196. The van der Waals surface area contributed by atoms with Crippen LogP contribution in [0.2, 0.25) is 0 Å². The number of benzene rings is 1. The van der Waals surface area contributed by atoms with E-state index in [1.165, 1.54) is 11.3 Å². The molecule has 1 unspecified atom stereocenters. The summed E-state index contributed by atoms with van der Waals surface area (Å²) in [5.74, 6) is 0.778. The van der Waals surface area contributed by atoms with E-state index in [1.54, 1.807) is 12.0 Å². The van der Waals surface area contributed by atoms with Crippen molar-refractivity contribution in [1.82, 2.24) is 4.98 Å². The first-order valence-electron chi connectivity index (χ1n) is 6.47. The number of aromatic nitrogens is 1. The number of thiazole rings is 1. The maximum atomic E-state index is 12.1.